The van der Waals surface area contributed by atoms with E-state index in [9.17, 15) is 0 Å². The van der Waals surface area contributed by atoms with Gasteiger partial charge >= 0.3 is 0 Å². The van der Waals surface area contributed by atoms with Gasteiger partial charge in [0.25, 0.3) is 0 Å². The van der Waals surface area contributed by atoms with Crippen molar-refractivity contribution in [2.24, 2.45) is 5.73 Å². The average molecular weight is 260 g/mol. The van der Waals surface area contributed by atoms with E-state index in [1.807, 2.05) is 18.2 Å². The van der Waals surface area contributed by atoms with E-state index in [0.29, 0.717) is 11.4 Å². The molecule has 0 aliphatic carbocycles. The van der Waals surface area contributed by atoms with Gasteiger partial charge in [0.05, 0.1) is 17.5 Å². The lowest BCUT2D eigenvalue weighted by Gasteiger charge is -2.08. The van der Waals surface area contributed by atoms with E-state index in [4.69, 9.17) is 22.6 Å². The van der Waals surface area contributed by atoms with Crippen LogP contribution < -0.4 is 5.73 Å². The largest absolute Gasteiger partial charge is 0.323 e. The lowest BCUT2D eigenvalue weighted by molar-refractivity contribution is 0.748. The molecule has 0 saturated heterocycles. The van der Waals surface area contributed by atoms with Gasteiger partial charge in [-0.15, -0.1) is 0 Å². The molecule has 68 valence electrons. The highest BCUT2D eigenvalue weighted by atomic mass is 79.9. The van der Waals surface area contributed by atoms with Crippen LogP contribution in [0.15, 0.2) is 22.7 Å². The van der Waals surface area contributed by atoms with E-state index in [-0.39, 0.29) is 6.04 Å². The summed E-state index contributed by atoms with van der Waals surface area (Å²) in [5.41, 5.74) is 6.65. The van der Waals surface area contributed by atoms with E-state index in [0.717, 1.165) is 10.0 Å². The molecule has 0 aliphatic rings. The van der Waals surface area contributed by atoms with E-state index in [1.54, 1.807) is 6.07 Å². The zero-order chi connectivity index (χ0) is 9.84. The molecule has 0 amide bonds. The summed E-state index contributed by atoms with van der Waals surface area (Å²) >= 11 is 9.10. The summed E-state index contributed by atoms with van der Waals surface area (Å²) in [7, 11) is 0. The van der Waals surface area contributed by atoms with Gasteiger partial charge in [-0.1, -0.05) is 17.7 Å². The molecule has 1 rings (SSSR count). The fraction of sp³-hybridized carbons (Fsp3) is 0.222. The quantitative estimate of drug-likeness (QED) is 0.887. The van der Waals surface area contributed by atoms with E-state index in [1.165, 1.54) is 0 Å². The van der Waals surface area contributed by atoms with Gasteiger partial charge in [-0.05, 0) is 33.6 Å². The van der Waals surface area contributed by atoms with Crippen molar-refractivity contribution in [3.05, 3.63) is 33.3 Å². The molecule has 0 aliphatic heterocycles. The van der Waals surface area contributed by atoms with Crippen molar-refractivity contribution in [1.82, 2.24) is 0 Å². The lowest BCUT2D eigenvalue weighted by Crippen LogP contribution is -2.08. The minimum absolute atomic E-state index is 0.237. The first kappa shape index (κ1) is 10.5. The Kier molecular flexibility index (Phi) is 3.73. The predicted molar refractivity (Wildman–Crippen MR) is 56.3 cm³/mol. The highest BCUT2D eigenvalue weighted by Crippen LogP contribution is 2.26. The molecule has 1 atom stereocenters. The topological polar surface area (TPSA) is 49.8 Å². The molecule has 0 spiro atoms. The third-order valence-electron chi connectivity index (χ3n) is 1.68. The van der Waals surface area contributed by atoms with Crippen LogP contribution in [-0.4, -0.2) is 0 Å². The van der Waals surface area contributed by atoms with Gasteiger partial charge in [0.2, 0.25) is 0 Å². The lowest BCUT2D eigenvalue weighted by atomic mass is 10.1. The normalized spacial score (nSPS) is 12.2. The second-order valence-electron chi connectivity index (χ2n) is 2.64. The Morgan fingerprint density at radius 2 is 2.31 bits per heavy atom. The number of halogens is 2. The Morgan fingerprint density at radius 3 is 2.85 bits per heavy atom. The number of nitriles is 1. The molecule has 1 aromatic carbocycles. The maximum atomic E-state index is 8.45. The first-order valence-electron chi connectivity index (χ1n) is 3.72. The molecule has 2 N–H and O–H groups in total. The molecule has 0 unspecified atom stereocenters. The SMILES string of the molecule is N#CC[C@@H](N)c1ccc(Cl)c(Br)c1. The van der Waals surface area contributed by atoms with Gasteiger partial charge < -0.3 is 5.73 Å². The minimum atomic E-state index is -0.237. The van der Waals surface area contributed by atoms with E-state index in [2.05, 4.69) is 15.9 Å². The molecule has 4 heteroatoms. The molecule has 0 aromatic heterocycles. The molecule has 0 fully saturated rings. The summed E-state index contributed by atoms with van der Waals surface area (Å²) < 4.78 is 0.806. The molecule has 0 radical (unpaired) electrons. The van der Waals surface area contributed by atoms with Crippen molar-refractivity contribution < 1.29 is 0 Å². The standard InChI is InChI=1S/C9H8BrClN2/c10-7-5-6(1-2-8(7)11)9(13)3-4-12/h1-2,5,9H,3,13H2/t9-/m1/s1. The summed E-state index contributed by atoms with van der Waals surface area (Å²) in [6.45, 7) is 0. The first-order valence-corrected chi connectivity index (χ1v) is 4.89. The zero-order valence-corrected chi connectivity index (χ0v) is 9.14. The molecule has 0 heterocycles. The second-order valence-corrected chi connectivity index (χ2v) is 3.90. The van der Waals surface area contributed by atoms with Crippen molar-refractivity contribution in [3.8, 4) is 6.07 Å². The Labute approximate surface area is 90.4 Å². The number of nitrogens with two attached hydrogens (primary N) is 1. The number of nitrogens with zero attached hydrogens (tertiary/aromatic N) is 1. The maximum Gasteiger partial charge on any atom is 0.0641 e. The fourth-order valence-corrected chi connectivity index (χ4v) is 1.47. The van der Waals surface area contributed by atoms with Gasteiger partial charge in [-0.2, -0.15) is 5.26 Å². The summed E-state index contributed by atoms with van der Waals surface area (Å²) in [6.07, 6.45) is 0.314. The molecule has 13 heavy (non-hydrogen) atoms. The fourth-order valence-electron chi connectivity index (χ4n) is 0.959. The van der Waals surface area contributed by atoms with Gasteiger partial charge in [0.15, 0.2) is 0 Å². The van der Waals surface area contributed by atoms with E-state index < -0.39 is 0 Å². The average Bonchev–Trinajstić information content (AvgIpc) is 2.10. The Morgan fingerprint density at radius 1 is 1.62 bits per heavy atom. The Bertz CT molecular complexity index is 346. The highest BCUT2D eigenvalue weighted by Gasteiger charge is 2.06. The van der Waals surface area contributed by atoms with Crippen molar-refractivity contribution in [3.63, 3.8) is 0 Å². The van der Waals surface area contributed by atoms with Crippen molar-refractivity contribution in [1.29, 1.82) is 5.26 Å². The molecule has 2 nitrogen and oxygen atoms in total. The summed E-state index contributed by atoms with van der Waals surface area (Å²) in [4.78, 5) is 0. The van der Waals surface area contributed by atoms with Gasteiger partial charge in [-0.3, -0.25) is 0 Å². The molecular weight excluding hydrogens is 251 g/mol. The van der Waals surface area contributed by atoms with Crippen LogP contribution in [0.1, 0.15) is 18.0 Å². The third-order valence-corrected chi connectivity index (χ3v) is 2.90. The van der Waals surface area contributed by atoms with Crippen LogP contribution in [0.25, 0.3) is 0 Å². The summed E-state index contributed by atoms with van der Waals surface area (Å²) in [6, 6.07) is 7.22. The number of hydrogen-bond acceptors (Lipinski definition) is 2. The number of benzene rings is 1. The van der Waals surface area contributed by atoms with Crippen LogP contribution in [0.5, 0.6) is 0 Å². The molecule has 0 saturated carbocycles. The first-order chi connectivity index (χ1) is 6.15. The molecular formula is C9H8BrClN2. The minimum Gasteiger partial charge on any atom is -0.323 e. The Hall–Kier alpha value is -0.560. The van der Waals surface area contributed by atoms with Gasteiger partial charge in [0.1, 0.15) is 0 Å². The maximum absolute atomic E-state index is 8.45. The Balaban J connectivity index is 2.91. The van der Waals surface area contributed by atoms with Crippen LogP contribution in [0.3, 0.4) is 0 Å². The van der Waals surface area contributed by atoms with Gasteiger partial charge in [-0.25, -0.2) is 0 Å². The van der Waals surface area contributed by atoms with Crippen LogP contribution in [0.2, 0.25) is 5.02 Å². The van der Waals surface area contributed by atoms with Crippen LogP contribution in [0.4, 0.5) is 0 Å². The third kappa shape index (κ3) is 2.70. The monoisotopic (exact) mass is 258 g/mol. The van der Waals surface area contributed by atoms with Crippen LogP contribution in [0, 0.1) is 11.3 Å². The molecule has 0 bridgehead atoms. The van der Waals surface area contributed by atoms with Gasteiger partial charge in [0, 0.05) is 10.5 Å². The van der Waals surface area contributed by atoms with Crippen molar-refractivity contribution >= 4 is 27.5 Å². The summed E-state index contributed by atoms with van der Waals surface area (Å²) in [5, 5.41) is 9.10. The highest BCUT2D eigenvalue weighted by molar-refractivity contribution is 9.10. The van der Waals surface area contributed by atoms with E-state index >= 15 is 0 Å². The van der Waals surface area contributed by atoms with Crippen molar-refractivity contribution in [2.75, 3.05) is 0 Å². The van der Waals surface area contributed by atoms with Crippen LogP contribution >= 0.6 is 27.5 Å². The smallest absolute Gasteiger partial charge is 0.0641 e. The molecule has 1 aromatic rings. The number of rotatable bonds is 2. The van der Waals surface area contributed by atoms with Crippen molar-refractivity contribution in [2.45, 2.75) is 12.5 Å². The second kappa shape index (κ2) is 4.61. The zero-order valence-electron chi connectivity index (χ0n) is 6.80. The predicted octanol–water partition coefficient (Wildman–Crippen LogP) is 3.02. The number of hydrogen-bond donors (Lipinski definition) is 1. The summed E-state index contributed by atoms with van der Waals surface area (Å²) in [5.74, 6) is 0. The van der Waals surface area contributed by atoms with Crippen LogP contribution in [-0.2, 0) is 0 Å².